The first-order valence-corrected chi connectivity index (χ1v) is 3.96. The SMILES string of the molecule is COCC(C)CNC(=O)C(=O)OC. The van der Waals surface area contributed by atoms with Crippen LogP contribution in [0.25, 0.3) is 0 Å². The van der Waals surface area contributed by atoms with Crippen LogP contribution in [0.2, 0.25) is 0 Å². The highest BCUT2D eigenvalue weighted by molar-refractivity contribution is 6.32. The van der Waals surface area contributed by atoms with Gasteiger partial charge in [0.2, 0.25) is 0 Å². The standard InChI is InChI=1S/C8H15NO4/c1-6(5-12-2)4-9-7(10)8(11)13-3/h6H,4-5H2,1-3H3,(H,9,10). The van der Waals surface area contributed by atoms with Crippen LogP contribution in [0.15, 0.2) is 0 Å². The molecule has 0 bridgehead atoms. The number of hydrogen-bond acceptors (Lipinski definition) is 4. The second kappa shape index (κ2) is 6.42. The zero-order valence-electron chi connectivity index (χ0n) is 8.12. The molecule has 1 atom stereocenters. The van der Waals surface area contributed by atoms with Crippen molar-refractivity contribution in [2.75, 3.05) is 27.4 Å². The summed E-state index contributed by atoms with van der Waals surface area (Å²) in [5.41, 5.74) is 0. The van der Waals surface area contributed by atoms with E-state index in [-0.39, 0.29) is 5.92 Å². The number of hydrogen-bond donors (Lipinski definition) is 1. The molecule has 0 rings (SSSR count). The highest BCUT2D eigenvalue weighted by atomic mass is 16.5. The Labute approximate surface area is 77.4 Å². The molecule has 1 amide bonds. The maximum absolute atomic E-state index is 10.9. The summed E-state index contributed by atoms with van der Waals surface area (Å²) in [5.74, 6) is -1.41. The summed E-state index contributed by atoms with van der Waals surface area (Å²) in [6, 6.07) is 0. The summed E-state index contributed by atoms with van der Waals surface area (Å²) in [6.45, 7) is 2.85. The van der Waals surface area contributed by atoms with E-state index in [9.17, 15) is 9.59 Å². The van der Waals surface area contributed by atoms with E-state index in [1.165, 1.54) is 7.11 Å². The maximum Gasteiger partial charge on any atom is 0.396 e. The highest BCUT2D eigenvalue weighted by Gasteiger charge is 2.13. The lowest BCUT2D eigenvalue weighted by atomic mass is 10.2. The molecule has 0 aromatic carbocycles. The van der Waals surface area contributed by atoms with Gasteiger partial charge < -0.3 is 14.8 Å². The van der Waals surface area contributed by atoms with Gasteiger partial charge in [0, 0.05) is 13.7 Å². The molecule has 0 saturated heterocycles. The van der Waals surface area contributed by atoms with Crippen molar-refractivity contribution >= 4 is 11.9 Å². The van der Waals surface area contributed by atoms with Gasteiger partial charge in [-0.05, 0) is 5.92 Å². The van der Waals surface area contributed by atoms with Crippen molar-refractivity contribution < 1.29 is 19.1 Å². The Morgan fingerprint density at radius 1 is 1.38 bits per heavy atom. The third kappa shape index (κ3) is 5.19. The van der Waals surface area contributed by atoms with E-state index in [2.05, 4.69) is 10.1 Å². The summed E-state index contributed by atoms with van der Waals surface area (Å²) in [7, 11) is 2.75. The molecule has 13 heavy (non-hydrogen) atoms. The Kier molecular flexibility index (Phi) is 5.88. The number of methoxy groups -OCH3 is 2. The van der Waals surface area contributed by atoms with E-state index in [4.69, 9.17) is 4.74 Å². The van der Waals surface area contributed by atoms with Crippen LogP contribution in [-0.2, 0) is 19.1 Å². The summed E-state index contributed by atoms with van der Waals surface area (Å²) >= 11 is 0. The molecule has 0 radical (unpaired) electrons. The van der Waals surface area contributed by atoms with Gasteiger partial charge in [-0.15, -0.1) is 0 Å². The molecule has 76 valence electrons. The Balaban J connectivity index is 3.63. The first-order valence-electron chi connectivity index (χ1n) is 3.96. The predicted octanol–water partition coefficient (Wildman–Crippen LogP) is -0.442. The fourth-order valence-electron chi connectivity index (χ4n) is 0.775. The smallest absolute Gasteiger partial charge is 0.396 e. The zero-order chi connectivity index (χ0) is 10.3. The molecular formula is C8H15NO4. The van der Waals surface area contributed by atoms with Crippen LogP contribution in [0, 0.1) is 5.92 Å². The Morgan fingerprint density at radius 2 is 2.00 bits per heavy atom. The van der Waals surface area contributed by atoms with Crippen molar-refractivity contribution in [1.29, 1.82) is 0 Å². The molecule has 5 heteroatoms. The molecule has 0 aliphatic rings. The minimum atomic E-state index is -0.871. The average molecular weight is 189 g/mol. The number of nitrogens with one attached hydrogen (secondary N) is 1. The van der Waals surface area contributed by atoms with Crippen molar-refractivity contribution in [1.82, 2.24) is 5.32 Å². The molecule has 0 heterocycles. The Hall–Kier alpha value is -1.10. The number of rotatable bonds is 4. The van der Waals surface area contributed by atoms with Gasteiger partial charge in [-0.3, -0.25) is 4.79 Å². The number of esters is 1. The molecule has 0 spiro atoms. The van der Waals surface area contributed by atoms with Crippen molar-refractivity contribution in [2.24, 2.45) is 5.92 Å². The number of ether oxygens (including phenoxy) is 2. The first-order chi connectivity index (χ1) is 6.11. The number of amides is 1. The molecule has 0 fully saturated rings. The van der Waals surface area contributed by atoms with Gasteiger partial charge in [0.15, 0.2) is 0 Å². The van der Waals surface area contributed by atoms with Crippen LogP contribution in [0.1, 0.15) is 6.92 Å². The molecular weight excluding hydrogens is 174 g/mol. The van der Waals surface area contributed by atoms with E-state index >= 15 is 0 Å². The number of carbonyl (C=O) groups excluding carboxylic acids is 2. The predicted molar refractivity (Wildman–Crippen MR) is 46.1 cm³/mol. The molecule has 0 aromatic heterocycles. The first kappa shape index (κ1) is 11.9. The Bertz CT molecular complexity index is 181. The van der Waals surface area contributed by atoms with E-state index in [1.807, 2.05) is 6.92 Å². The minimum absolute atomic E-state index is 0.179. The second-order valence-corrected chi connectivity index (χ2v) is 2.76. The quantitative estimate of drug-likeness (QED) is 0.481. The van der Waals surface area contributed by atoms with Gasteiger partial charge in [0.05, 0.1) is 13.7 Å². The average Bonchev–Trinajstić information content (AvgIpc) is 2.13. The summed E-state index contributed by atoms with van der Waals surface area (Å²) in [5, 5.41) is 2.42. The number of carbonyl (C=O) groups is 2. The van der Waals surface area contributed by atoms with E-state index in [0.29, 0.717) is 13.2 Å². The molecule has 1 N–H and O–H groups in total. The maximum atomic E-state index is 10.9. The fraction of sp³-hybridized carbons (Fsp3) is 0.750. The fourth-order valence-corrected chi connectivity index (χ4v) is 0.775. The van der Waals surface area contributed by atoms with Gasteiger partial charge in [0.1, 0.15) is 0 Å². The van der Waals surface area contributed by atoms with Crippen LogP contribution in [0.3, 0.4) is 0 Å². The van der Waals surface area contributed by atoms with Crippen LogP contribution in [0.5, 0.6) is 0 Å². The molecule has 1 unspecified atom stereocenters. The molecule has 0 saturated carbocycles. The summed E-state index contributed by atoms with van der Waals surface area (Å²) < 4.78 is 9.08. The normalized spacial score (nSPS) is 11.9. The van der Waals surface area contributed by atoms with Gasteiger partial charge in [0.25, 0.3) is 0 Å². The monoisotopic (exact) mass is 189 g/mol. The Morgan fingerprint density at radius 3 is 2.46 bits per heavy atom. The summed E-state index contributed by atoms with van der Waals surface area (Å²) in [6.07, 6.45) is 0. The van der Waals surface area contributed by atoms with Crippen LogP contribution < -0.4 is 5.32 Å². The van der Waals surface area contributed by atoms with Crippen molar-refractivity contribution in [3.05, 3.63) is 0 Å². The van der Waals surface area contributed by atoms with Gasteiger partial charge in [-0.25, -0.2) is 4.79 Å². The third-order valence-corrected chi connectivity index (χ3v) is 1.43. The van der Waals surface area contributed by atoms with Crippen LogP contribution >= 0.6 is 0 Å². The van der Waals surface area contributed by atoms with Crippen molar-refractivity contribution in [2.45, 2.75) is 6.92 Å². The minimum Gasteiger partial charge on any atom is -0.462 e. The van der Waals surface area contributed by atoms with Gasteiger partial charge >= 0.3 is 11.9 Å². The molecule has 5 nitrogen and oxygen atoms in total. The van der Waals surface area contributed by atoms with Crippen molar-refractivity contribution in [3.63, 3.8) is 0 Å². The third-order valence-electron chi connectivity index (χ3n) is 1.43. The molecule has 0 aliphatic heterocycles. The second-order valence-electron chi connectivity index (χ2n) is 2.76. The van der Waals surface area contributed by atoms with Gasteiger partial charge in [-0.2, -0.15) is 0 Å². The lowest BCUT2D eigenvalue weighted by Crippen LogP contribution is -2.35. The van der Waals surface area contributed by atoms with E-state index in [1.54, 1.807) is 7.11 Å². The lowest BCUT2D eigenvalue weighted by molar-refractivity contribution is -0.152. The van der Waals surface area contributed by atoms with E-state index < -0.39 is 11.9 Å². The summed E-state index contributed by atoms with van der Waals surface area (Å²) in [4.78, 5) is 21.5. The largest absolute Gasteiger partial charge is 0.462 e. The van der Waals surface area contributed by atoms with Crippen LogP contribution in [-0.4, -0.2) is 39.2 Å². The van der Waals surface area contributed by atoms with Crippen molar-refractivity contribution in [3.8, 4) is 0 Å². The topological polar surface area (TPSA) is 64.6 Å². The van der Waals surface area contributed by atoms with E-state index in [0.717, 1.165) is 0 Å². The molecule has 0 aliphatic carbocycles. The zero-order valence-corrected chi connectivity index (χ0v) is 8.12. The molecule has 0 aromatic rings. The highest BCUT2D eigenvalue weighted by Crippen LogP contribution is 1.91. The van der Waals surface area contributed by atoms with Crippen LogP contribution in [0.4, 0.5) is 0 Å². The lowest BCUT2D eigenvalue weighted by Gasteiger charge is -2.10. The van der Waals surface area contributed by atoms with Gasteiger partial charge in [-0.1, -0.05) is 6.92 Å².